The van der Waals surface area contributed by atoms with Gasteiger partial charge in [0.15, 0.2) is 0 Å². The molecule has 0 fully saturated rings. The van der Waals surface area contributed by atoms with Gasteiger partial charge in [-0.2, -0.15) is 0 Å². The Morgan fingerprint density at radius 3 is 2.67 bits per heavy atom. The van der Waals surface area contributed by atoms with Gasteiger partial charge < -0.3 is 10.1 Å². The summed E-state index contributed by atoms with van der Waals surface area (Å²) in [6, 6.07) is 11.6. The fraction of sp³-hybridized carbons (Fsp3) is 0.188. The van der Waals surface area contributed by atoms with Crippen molar-refractivity contribution in [2.45, 2.75) is 11.2 Å². The van der Waals surface area contributed by atoms with E-state index in [4.69, 9.17) is 16.3 Å². The second-order valence-corrected chi connectivity index (χ2v) is 6.21. The molecule has 3 rings (SSSR count). The highest BCUT2D eigenvalue weighted by molar-refractivity contribution is 9.09. The van der Waals surface area contributed by atoms with Crippen LogP contribution in [-0.2, 0) is 11.2 Å². The van der Waals surface area contributed by atoms with Crippen LogP contribution in [-0.4, -0.2) is 13.0 Å². The third-order valence-corrected chi connectivity index (χ3v) is 4.88. The van der Waals surface area contributed by atoms with Crippen LogP contribution < -0.4 is 10.1 Å². The summed E-state index contributed by atoms with van der Waals surface area (Å²) >= 11 is 10.0. The van der Waals surface area contributed by atoms with Gasteiger partial charge in [0, 0.05) is 10.7 Å². The van der Waals surface area contributed by atoms with Gasteiger partial charge in [0.05, 0.1) is 18.4 Å². The second kappa shape index (κ2) is 5.70. The van der Waals surface area contributed by atoms with Crippen molar-refractivity contribution in [1.29, 1.82) is 0 Å². The number of hydrogen-bond donors (Lipinski definition) is 1. The van der Waals surface area contributed by atoms with Crippen molar-refractivity contribution in [2.24, 2.45) is 0 Å². The lowest BCUT2D eigenvalue weighted by atomic mass is 10.0. The lowest BCUT2D eigenvalue weighted by Gasteiger charge is -2.14. The highest BCUT2D eigenvalue weighted by atomic mass is 79.9. The average molecular weight is 367 g/mol. The zero-order chi connectivity index (χ0) is 15.0. The van der Waals surface area contributed by atoms with E-state index < -0.39 is 0 Å². The van der Waals surface area contributed by atoms with E-state index in [1.54, 1.807) is 7.11 Å². The van der Waals surface area contributed by atoms with Crippen LogP contribution in [0.4, 0.5) is 5.69 Å². The fourth-order valence-electron chi connectivity index (χ4n) is 2.41. The minimum atomic E-state index is -0.0306. The van der Waals surface area contributed by atoms with Gasteiger partial charge in [-0.3, -0.25) is 4.79 Å². The molecule has 1 amide bonds. The molecular weight excluding hydrogens is 354 g/mol. The summed E-state index contributed by atoms with van der Waals surface area (Å²) in [6.45, 7) is 0. The molecule has 108 valence electrons. The van der Waals surface area contributed by atoms with Gasteiger partial charge in [-0.25, -0.2) is 0 Å². The van der Waals surface area contributed by atoms with Crippen LogP contribution in [0.2, 0.25) is 5.02 Å². The molecule has 3 nitrogen and oxygen atoms in total. The topological polar surface area (TPSA) is 38.3 Å². The SMILES string of the molecule is COc1ccc(C(Br)c2cc3c(cc2Cl)NC(=O)C3)cc1. The highest BCUT2D eigenvalue weighted by Crippen LogP contribution is 2.39. The Hall–Kier alpha value is -1.52. The molecule has 1 heterocycles. The van der Waals surface area contributed by atoms with Crippen LogP contribution >= 0.6 is 27.5 Å². The van der Waals surface area contributed by atoms with Crippen molar-refractivity contribution in [3.8, 4) is 5.75 Å². The molecule has 1 aliphatic heterocycles. The molecule has 0 saturated heterocycles. The molecule has 0 bridgehead atoms. The number of fused-ring (bicyclic) bond motifs is 1. The Kier molecular flexibility index (Phi) is 3.91. The van der Waals surface area contributed by atoms with Gasteiger partial charge in [-0.05, 0) is 34.9 Å². The summed E-state index contributed by atoms with van der Waals surface area (Å²) in [7, 11) is 1.64. The van der Waals surface area contributed by atoms with E-state index >= 15 is 0 Å². The number of hydrogen-bond acceptors (Lipinski definition) is 2. The number of alkyl halides is 1. The Morgan fingerprint density at radius 2 is 2.00 bits per heavy atom. The average Bonchev–Trinajstić information content (AvgIpc) is 2.85. The van der Waals surface area contributed by atoms with E-state index in [9.17, 15) is 4.79 Å². The van der Waals surface area contributed by atoms with Crippen LogP contribution in [0.25, 0.3) is 0 Å². The predicted octanol–water partition coefficient (Wildman–Crippen LogP) is 4.33. The summed E-state index contributed by atoms with van der Waals surface area (Å²) < 4.78 is 5.16. The first-order valence-electron chi connectivity index (χ1n) is 6.48. The number of methoxy groups -OCH3 is 1. The number of ether oxygens (including phenoxy) is 1. The third kappa shape index (κ3) is 2.78. The third-order valence-electron chi connectivity index (χ3n) is 3.53. The van der Waals surface area contributed by atoms with Gasteiger partial charge in [-0.1, -0.05) is 45.7 Å². The summed E-state index contributed by atoms with van der Waals surface area (Å²) in [5, 5.41) is 3.44. The van der Waals surface area contributed by atoms with Crippen molar-refractivity contribution in [3.63, 3.8) is 0 Å². The molecule has 0 saturated carbocycles. The Bertz CT molecular complexity index is 700. The largest absolute Gasteiger partial charge is 0.497 e. The number of carbonyl (C=O) groups excluding carboxylic acids is 1. The number of nitrogens with one attached hydrogen (secondary N) is 1. The maximum Gasteiger partial charge on any atom is 0.228 e. The van der Waals surface area contributed by atoms with Gasteiger partial charge in [0.1, 0.15) is 5.75 Å². The van der Waals surface area contributed by atoms with Crippen molar-refractivity contribution in [2.75, 3.05) is 12.4 Å². The van der Waals surface area contributed by atoms with Gasteiger partial charge in [-0.15, -0.1) is 0 Å². The van der Waals surface area contributed by atoms with Crippen LogP contribution in [0.15, 0.2) is 36.4 Å². The minimum Gasteiger partial charge on any atom is -0.497 e. The monoisotopic (exact) mass is 365 g/mol. The molecule has 21 heavy (non-hydrogen) atoms. The Balaban J connectivity index is 1.96. The molecular formula is C16H13BrClNO2. The zero-order valence-corrected chi connectivity index (χ0v) is 13.7. The number of anilines is 1. The lowest BCUT2D eigenvalue weighted by molar-refractivity contribution is -0.115. The molecule has 2 aromatic carbocycles. The van der Waals surface area contributed by atoms with Crippen molar-refractivity contribution in [1.82, 2.24) is 0 Å². The van der Waals surface area contributed by atoms with Crippen LogP contribution in [0.1, 0.15) is 21.5 Å². The second-order valence-electron chi connectivity index (χ2n) is 4.89. The molecule has 0 radical (unpaired) electrons. The lowest BCUT2D eigenvalue weighted by Crippen LogP contribution is -2.03. The summed E-state index contributed by atoms with van der Waals surface area (Å²) in [5.41, 5.74) is 3.83. The number of halogens is 2. The normalized spacial score (nSPS) is 14.5. The van der Waals surface area contributed by atoms with Gasteiger partial charge >= 0.3 is 0 Å². The molecule has 1 unspecified atom stereocenters. The fourth-order valence-corrected chi connectivity index (χ4v) is 3.50. The summed E-state index contributed by atoms with van der Waals surface area (Å²) in [6.07, 6.45) is 0.405. The van der Waals surface area contributed by atoms with Gasteiger partial charge in [0.25, 0.3) is 0 Å². The standard InChI is InChI=1S/C16H13BrClNO2/c1-21-11-4-2-9(3-5-11)16(17)12-6-10-7-15(20)19-14(10)8-13(12)18/h2-6,8,16H,7H2,1H3,(H,19,20). The molecule has 1 aliphatic rings. The van der Waals surface area contributed by atoms with E-state index in [1.165, 1.54) is 0 Å². The van der Waals surface area contributed by atoms with Crippen molar-refractivity contribution in [3.05, 3.63) is 58.1 Å². The quantitative estimate of drug-likeness (QED) is 0.821. The first-order valence-corrected chi connectivity index (χ1v) is 7.78. The predicted molar refractivity (Wildman–Crippen MR) is 87.5 cm³/mol. The Morgan fingerprint density at radius 1 is 1.29 bits per heavy atom. The Labute approximate surface area is 136 Å². The molecule has 5 heteroatoms. The molecule has 1 N–H and O–H groups in total. The first kappa shape index (κ1) is 14.4. The van der Waals surface area contributed by atoms with Crippen molar-refractivity contribution < 1.29 is 9.53 Å². The van der Waals surface area contributed by atoms with E-state index in [0.29, 0.717) is 11.4 Å². The van der Waals surface area contributed by atoms with Crippen LogP contribution in [0.5, 0.6) is 5.75 Å². The number of benzene rings is 2. The smallest absolute Gasteiger partial charge is 0.228 e. The van der Waals surface area contributed by atoms with Crippen LogP contribution in [0, 0.1) is 0 Å². The highest BCUT2D eigenvalue weighted by Gasteiger charge is 2.22. The van der Waals surface area contributed by atoms with E-state index in [0.717, 1.165) is 28.1 Å². The number of amides is 1. The molecule has 0 aliphatic carbocycles. The number of carbonyl (C=O) groups is 1. The summed E-state index contributed by atoms with van der Waals surface area (Å²) in [4.78, 5) is 11.4. The van der Waals surface area contributed by atoms with E-state index in [1.807, 2.05) is 36.4 Å². The first-order chi connectivity index (χ1) is 10.1. The summed E-state index contributed by atoms with van der Waals surface area (Å²) in [5.74, 6) is 0.821. The zero-order valence-electron chi connectivity index (χ0n) is 11.3. The maximum atomic E-state index is 11.5. The van der Waals surface area contributed by atoms with Crippen LogP contribution in [0.3, 0.4) is 0 Å². The van der Waals surface area contributed by atoms with E-state index in [2.05, 4.69) is 21.2 Å². The van der Waals surface area contributed by atoms with Crippen molar-refractivity contribution >= 4 is 39.1 Å². The number of rotatable bonds is 3. The minimum absolute atomic E-state index is 0.00814. The molecule has 0 aromatic heterocycles. The molecule has 1 atom stereocenters. The molecule has 2 aromatic rings. The van der Waals surface area contributed by atoms with Gasteiger partial charge in [0.2, 0.25) is 5.91 Å². The maximum absolute atomic E-state index is 11.5. The molecule has 0 spiro atoms. The van der Waals surface area contributed by atoms with E-state index in [-0.39, 0.29) is 10.7 Å².